The van der Waals surface area contributed by atoms with E-state index in [0.29, 0.717) is 0 Å². The van der Waals surface area contributed by atoms with Gasteiger partial charge in [-0.1, -0.05) is 6.92 Å². The maximum absolute atomic E-state index is 14.2. The van der Waals surface area contributed by atoms with E-state index in [-0.39, 0.29) is 19.4 Å². The molecule has 0 aromatic carbocycles. The standard InChI is InChI=1S/C11H22F2O7S2/c1-3-10(12,21(14,15)16)6-4-5-7-11(13,8-9-20-2)22(17,18)19/h3-9H2,1-2H3,(H,14,15,16)(H,17,18,19). The first-order chi connectivity index (χ1) is 9.83. The fraction of sp³-hybridized carbons (Fsp3) is 1.00. The van der Waals surface area contributed by atoms with E-state index < -0.39 is 55.9 Å². The zero-order valence-electron chi connectivity index (χ0n) is 12.5. The number of rotatable bonds is 11. The van der Waals surface area contributed by atoms with Gasteiger partial charge in [-0.05, 0) is 32.1 Å². The molecular formula is C11H22F2O7S2. The lowest BCUT2D eigenvalue weighted by Gasteiger charge is -2.23. The Balaban J connectivity index is 4.72. The van der Waals surface area contributed by atoms with Crippen molar-refractivity contribution >= 4 is 20.2 Å². The van der Waals surface area contributed by atoms with Crippen LogP contribution >= 0.6 is 0 Å². The molecule has 0 saturated heterocycles. The van der Waals surface area contributed by atoms with Gasteiger partial charge in [0.05, 0.1) is 6.61 Å². The fourth-order valence-corrected chi connectivity index (χ4v) is 3.41. The van der Waals surface area contributed by atoms with E-state index >= 15 is 0 Å². The van der Waals surface area contributed by atoms with Crippen molar-refractivity contribution in [2.24, 2.45) is 0 Å². The van der Waals surface area contributed by atoms with E-state index in [1.165, 1.54) is 14.0 Å². The summed E-state index contributed by atoms with van der Waals surface area (Å²) >= 11 is 0. The Morgan fingerprint density at radius 3 is 1.64 bits per heavy atom. The number of halogens is 2. The van der Waals surface area contributed by atoms with Crippen LogP contribution in [0.15, 0.2) is 0 Å². The van der Waals surface area contributed by atoms with Crippen LogP contribution in [0.3, 0.4) is 0 Å². The Bertz CT molecular complexity index is 549. The highest BCUT2D eigenvalue weighted by Crippen LogP contribution is 2.33. The quantitative estimate of drug-likeness (QED) is 0.423. The zero-order chi connectivity index (χ0) is 17.7. The molecule has 0 aliphatic carbocycles. The largest absolute Gasteiger partial charge is 0.385 e. The van der Waals surface area contributed by atoms with E-state index in [1.807, 2.05) is 0 Å². The molecule has 0 radical (unpaired) electrons. The van der Waals surface area contributed by atoms with E-state index in [4.69, 9.17) is 9.11 Å². The third kappa shape index (κ3) is 5.69. The monoisotopic (exact) mass is 368 g/mol. The number of hydrogen-bond acceptors (Lipinski definition) is 5. The van der Waals surface area contributed by atoms with E-state index in [9.17, 15) is 25.6 Å². The molecule has 0 aromatic rings. The topological polar surface area (TPSA) is 118 Å². The molecule has 11 heteroatoms. The predicted molar refractivity (Wildman–Crippen MR) is 76.0 cm³/mol. The van der Waals surface area contributed by atoms with Gasteiger partial charge < -0.3 is 4.74 Å². The van der Waals surface area contributed by atoms with Crippen LogP contribution in [-0.4, -0.2) is 49.7 Å². The number of unbranched alkanes of at least 4 members (excludes halogenated alkanes) is 1. The molecule has 7 nitrogen and oxygen atoms in total. The molecule has 0 saturated carbocycles. The highest BCUT2D eigenvalue weighted by Gasteiger charge is 2.44. The van der Waals surface area contributed by atoms with Gasteiger partial charge in [-0.25, -0.2) is 8.78 Å². The van der Waals surface area contributed by atoms with E-state index in [1.54, 1.807) is 0 Å². The minimum Gasteiger partial charge on any atom is -0.385 e. The highest BCUT2D eigenvalue weighted by molar-refractivity contribution is 7.87. The molecular weight excluding hydrogens is 346 g/mol. The van der Waals surface area contributed by atoms with Gasteiger partial charge in [-0.15, -0.1) is 0 Å². The van der Waals surface area contributed by atoms with Crippen molar-refractivity contribution in [3.8, 4) is 0 Å². The number of ether oxygens (including phenoxy) is 1. The minimum absolute atomic E-state index is 0.182. The summed E-state index contributed by atoms with van der Waals surface area (Å²) in [7, 11) is -8.68. The lowest BCUT2D eigenvalue weighted by atomic mass is 10.1. The Labute approximate surface area is 129 Å². The first-order valence-electron chi connectivity index (χ1n) is 6.64. The molecule has 0 amide bonds. The molecule has 0 aliphatic rings. The van der Waals surface area contributed by atoms with Crippen molar-refractivity contribution in [1.29, 1.82) is 0 Å². The van der Waals surface area contributed by atoms with Crippen LogP contribution in [0.2, 0.25) is 0 Å². The third-order valence-electron chi connectivity index (χ3n) is 3.48. The number of hydrogen-bond donors (Lipinski definition) is 2. The van der Waals surface area contributed by atoms with E-state index in [0.717, 1.165) is 0 Å². The molecule has 0 spiro atoms. The molecule has 0 aliphatic heterocycles. The van der Waals surface area contributed by atoms with Crippen LogP contribution in [0.4, 0.5) is 8.78 Å². The average molecular weight is 368 g/mol. The first kappa shape index (κ1) is 21.6. The van der Waals surface area contributed by atoms with Gasteiger partial charge in [-0.3, -0.25) is 9.11 Å². The first-order valence-corrected chi connectivity index (χ1v) is 9.52. The molecule has 22 heavy (non-hydrogen) atoms. The van der Waals surface area contributed by atoms with Gasteiger partial charge in [-0.2, -0.15) is 16.8 Å². The van der Waals surface area contributed by atoms with Crippen LogP contribution < -0.4 is 0 Å². The Morgan fingerprint density at radius 1 is 0.909 bits per heavy atom. The van der Waals surface area contributed by atoms with Gasteiger partial charge in [0, 0.05) is 13.5 Å². The molecule has 0 bridgehead atoms. The number of alkyl halides is 2. The van der Waals surface area contributed by atoms with Crippen molar-refractivity contribution in [2.45, 2.75) is 55.5 Å². The maximum Gasteiger partial charge on any atom is 0.300 e. The van der Waals surface area contributed by atoms with Crippen LogP contribution in [0.1, 0.15) is 45.4 Å². The molecule has 2 N–H and O–H groups in total. The summed E-state index contributed by atoms with van der Waals surface area (Å²) in [4.78, 5) is 0. The second-order valence-electron chi connectivity index (χ2n) is 5.02. The summed E-state index contributed by atoms with van der Waals surface area (Å²) in [5, 5.41) is -5.79. The second kappa shape index (κ2) is 7.95. The second-order valence-corrected chi connectivity index (χ2v) is 8.38. The molecule has 0 heterocycles. The summed E-state index contributed by atoms with van der Waals surface area (Å²) in [6.07, 6.45) is -2.71. The highest BCUT2D eigenvalue weighted by atomic mass is 32.2. The number of methoxy groups -OCH3 is 1. The molecule has 0 aromatic heterocycles. The molecule has 2 atom stereocenters. The lowest BCUT2D eigenvalue weighted by molar-refractivity contribution is 0.127. The van der Waals surface area contributed by atoms with Gasteiger partial charge in [0.15, 0.2) is 0 Å². The van der Waals surface area contributed by atoms with Crippen LogP contribution in [-0.2, 0) is 25.0 Å². The Morgan fingerprint density at radius 2 is 1.32 bits per heavy atom. The van der Waals surface area contributed by atoms with Gasteiger partial charge >= 0.3 is 10.1 Å². The SMILES string of the molecule is CCC(F)(CCCCC(F)(CCOC)S(=O)(=O)O)S(=O)(=O)O. The molecule has 0 fully saturated rings. The third-order valence-corrected chi connectivity index (χ3v) is 6.23. The normalized spacial score (nSPS) is 18.6. The lowest BCUT2D eigenvalue weighted by Crippen LogP contribution is -2.35. The predicted octanol–water partition coefficient (Wildman–Crippen LogP) is 2.10. The maximum atomic E-state index is 14.2. The fourth-order valence-electron chi connectivity index (χ4n) is 1.90. The van der Waals surface area contributed by atoms with Crippen molar-refractivity contribution in [3.63, 3.8) is 0 Å². The van der Waals surface area contributed by atoms with Gasteiger partial charge in [0.1, 0.15) is 0 Å². The Hall–Kier alpha value is -0.360. The molecule has 134 valence electrons. The summed E-state index contributed by atoms with van der Waals surface area (Å²) in [6, 6.07) is 0. The molecule has 2 unspecified atom stereocenters. The summed E-state index contributed by atoms with van der Waals surface area (Å²) in [5.74, 6) is 0. The van der Waals surface area contributed by atoms with Crippen LogP contribution in [0, 0.1) is 0 Å². The van der Waals surface area contributed by atoms with Crippen LogP contribution in [0.5, 0.6) is 0 Å². The summed E-state index contributed by atoms with van der Waals surface area (Å²) < 4.78 is 94.5. The smallest absolute Gasteiger partial charge is 0.300 e. The summed E-state index contributed by atoms with van der Waals surface area (Å²) in [6.45, 7) is 0.979. The minimum atomic E-state index is -4.99. The van der Waals surface area contributed by atoms with Crippen LogP contribution in [0.25, 0.3) is 0 Å². The van der Waals surface area contributed by atoms with Gasteiger partial charge in [0.25, 0.3) is 10.1 Å². The van der Waals surface area contributed by atoms with E-state index in [2.05, 4.69) is 4.74 Å². The zero-order valence-corrected chi connectivity index (χ0v) is 14.1. The molecule has 0 rings (SSSR count). The average Bonchev–Trinajstić information content (AvgIpc) is 2.38. The Kier molecular flexibility index (Phi) is 7.82. The van der Waals surface area contributed by atoms with Crippen molar-refractivity contribution in [1.82, 2.24) is 0 Å². The van der Waals surface area contributed by atoms with Crippen molar-refractivity contribution < 1.29 is 39.5 Å². The summed E-state index contributed by atoms with van der Waals surface area (Å²) in [5.41, 5.74) is 0. The van der Waals surface area contributed by atoms with Crippen molar-refractivity contribution in [3.05, 3.63) is 0 Å². The van der Waals surface area contributed by atoms with Gasteiger partial charge in [0.2, 0.25) is 10.0 Å². The van der Waals surface area contributed by atoms with Crippen molar-refractivity contribution in [2.75, 3.05) is 13.7 Å².